The Hall–Kier alpha value is -0.890. The Balaban J connectivity index is 2.44. The lowest BCUT2D eigenvalue weighted by atomic mass is 9.68. The van der Waals surface area contributed by atoms with E-state index >= 15 is 0 Å². The summed E-state index contributed by atoms with van der Waals surface area (Å²) in [7, 11) is 0. The number of benzene rings is 1. The first-order chi connectivity index (χ1) is 7.46. The van der Waals surface area contributed by atoms with Crippen LogP contribution >= 0.6 is 0 Å². The molecule has 1 atom stereocenters. The highest BCUT2D eigenvalue weighted by Crippen LogP contribution is 2.45. The van der Waals surface area contributed by atoms with Crippen LogP contribution in [-0.4, -0.2) is 6.54 Å². The average molecular weight is 221 g/mol. The van der Waals surface area contributed by atoms with Crippen LogP contribution in [0, 0.1) is 11.2 Å². The fourth-order valence-electron chi connectivity index (χ4n) is 2.80. The Bertz CT molecular complexity index is 355. The van der Waals surface area contributed by atoms with Gasteiger partial charge in [-0.15, -0.1) is 0 Å². The largest absolute Gasteiger partial charge is 0.307 e. The smallest absolute Gasteiger partial charge is 0.123 e. The molecule has 0 radical (unpaired) electrons. The van der Waals surface area contributed by atoms with Gasteiger partial charge < -0.3 is 5.32 Å². The van der Waals surface area contributed by atoms with Gasteiger partial charge in [-0.2, -0.15) is 0 Å². The van der Waals surface area contributed by atoms with Gasteiger partial charge in [0.1, 0.15) is 5.82 Å². The summed E-state index contributed by atoms with van der Waals surface area (Å²) < 4.78 is 13.0. The molecule has 0 aliphatic carbocycles. The highest BCUT2D eigenvalue weighted by Gasteiger charge is 2.45. The Morgan fingerprint density at radius 2 is 1.81 bits per heavy atom. The van der Waals surface area contributed by atoms with Gasteiger partial charge in [0.25, 0.3) is 0 Å². The first kappa shape index (κ1) is 11.6. The standard InChI is InChI=1S/C14H20FN/c1-13(2,3)14(9-4-10-16-14)11-5-7-12(15)8-6-11/h5-8,16H,4,9-10H2,1-3H3. The van der Waals surface area contributed by atoms with E-state index in [2.05, 4.69) is 26.1 Å². The van der Waals surface area contributed by atoms with E-state index in [4.69, 9.17) is 0 Å². The van der Waals surface area contributed by atoms with Gasteiger partial charge >= 0.3 is 0 Å². The van der Waals surface area contributed by atoms with Crippen LogP contribution < -0.4 is 5.32 Å². The number of hydrogen-bond acceptors (Lipinski definition) is 1. The fraction of sp³-hybridized carbons (Fsp3) is 0.571. The molecule has 1 aromatic rings. The molecule has 1 unspecified atom stereocenters. The molecule has 0 aromatic heterocycles. The van der Waals surface area contributed by atoms with Crippen molar-refractivity contribution in [2.24, 2.45) is 5.41 Å². The van der Waals surface area contributed by atoms with Gasteiger partial charge in [-0.25, -0.2) is 4.39 Å². The average Bonchev–Trinajstić information content (AvgIpc) is 2.68. The lowest BCUT2D eigenvalue weighted by Gasteiger charge is -2.43. The third kappa shape index (κ3) is 1.75. The van der Waals surface area contributed by atoms with E-state index in [-0.39, 0.29) is 16.8 Å². The maximum Gasteiger partial charge on any atom is 0.123 e. The van der Waals surface area contributed by atoms with E-state index in [1.54, 1.807) is 12.1 Å². The Morgan fingerprint density at radius 3 is 2.25 bits per heavy atom. The molecular weight excluding hydrogens is 201 g/mol. The Morgan fingerprint density at radius 1 is 1.19 bits per heavy atom. The van der Waals surface area contributed by atoms with Crippen LogP contribution in [0.5, 0.6) is 0 Å². The molecule has 0 spiro atoms. The third-order valence-corrected chi connectivity index (χ3v) is 3.77. The minimum Gasteiger partial charge on any atom is -0.307 e. The molecule has 0 saturated carbocycles. The quantitative estimate of drug-likeness (QED) is 0.766. The number of rotatable bonds is 1. The van der Waals surface area contributed by atoms with Gasteiger partial charge in [0.15, 0.2) is 0 Å². The zero-order valence-electron chi connectivity index (χ0n) is 10.3. The van der Waals surface area contributed by atoms with E-state index in [1.807, 2.05) is 12.1 Å². The maximum absolute atomic E-state index is 13.0. The Kier molecular flexibility index (Phi) is 2.79. The predicted molar refractivity (Wildman–Crippen MR) is 64.8 cm³/mol. The summed E-state index contributed by atoms with van der Waals surface area (Å²) in [5.41, 5.74) is 1.35. The predicted octanol–water partition coefficient (Wildman–Crippen LogP) is 3.45. The molecule has 2 rings (SSSR count). The minimum atomic E-state index is -0.161. The van der Waals surface area contributed by atoms with Crippen LogP contribution in [0.3, 0.4) is 0 Å². The van der Waals surface area contributed by atoms with E-state index in [0.717, 1.165) is 13.0 Å². The normalized spacial score (nSPS) is 26.0. The molecule has 1 heterocycles. The fourth-order valence-corrected chi connectivity index (χ4v) is 2.80. The van der Waals surface area contributed by atoms with Crippen molar-refractivity contribution in [2.45, 2.75) is 39.2 Å². The van der Waals surface area contributed by atoms with Crippen LogP contribution in [0.1, 0.15) is 39.2 Å². The number of nitrogens with one attached hydrogen (secondary N) is 1. The summed E-state index contributed by atoms with van der Waals surface area (Å²) in [6.07, 6.45) is 2.32. The molecule has 0 amide bonds. The summed E-state index contributed by atoms with van der Waals surface area (Å²) in [6, 6.07) is 6.95. The molecule has 16 heavy (non-hydrogen) atoms. The van der Waals surface area contributed by atoms with Crippen molar-refractivity contribution in [1.29, 1.82) is 0 Å². The lowest BCUT2D eigenvalue weighted by molar-refractivity contribution is 0.160. The van der Waals surface area contributed by atoms with Crippen molar-refractivity contribution in [2.75, 3.05) is 6.54 Å². The minimum absolute atomic E-state index is 0.000694. The van der Waals surface area contributed by atoms with Crippen molar-refractivity contribution in [3.63, 3.8) is 0 Å². The molecule has 1 fully saturated rings. The van der Waals surface area contributed by atoms with E-state index in [9.17, 15) is 4.39 Å². The summed E-state index contributed by atoms with van der Waals surface area (Å²) in [5.74, 6) is -0.161. The molecule has 1 aliphatic rings. The van der Waals surface area contributed by atoms with Gasteiger partial charge in [-0.3, -0.25) is 0 Å². The van der Waals surface area contributed by atoms with E-state index in [0.29, 0.717) is 0 Å². The van der Waals surface area contributed by atoms with Crippen LogP contribution in [0.15, 0.2) is 24.3 Å². The van der Waals surface area contributed by atoms with Crippen molar-refractivity contribution in [3.8, 4) is 0 Å². The highest BCUT2D eigenvalue weighted by atomic mass is 19.1. The maximum atomic E-state index is 13.0. The molecule has 0 bridgehead atoms. The monoisotopic (exact) mass is 221 g/mol. The van der Waals surface area contributed by atoms with Crippen LogP contribution in [0.25, 0.3) is 0 Å². The lowest BCUT2D eigenvalue weighted by Crippen LogP contribution is -2.47. The van der Waals surface area contributed by atoms with Crippen molar-refractivity contribution in [3.05, 3.63) is 35.6 Å². The van der Waals surface area contributed by atoms with Crippen molar-refractivity contribution >= 4 is 0 Å². The van der Waals surface area contributed by atoms with Gasteiger partial charge in [0.05, 0.1) is 0 Å². The molecule has 1 aromatic carbocycles. The van der Waals surface area contributed by atoms with Crippen molar-refractivity contribution < 1.29 is 4.39 Å². The summed E-state index contributed by atoms with van der Waals surface area (Å²) in [4.78, 5) is 0. The van der Waals surface area contributed by atoms with E-state index in [1.165, 1.54) is 12.0 Å². The van der Waals surface area contributed by atoms with Gasteiger partial charge in [0.2, 0.25) is 0 Å². The zero-order chi connectivity index (χ0) is 11.8. The van der Waals surface area contributed by atoms with Crippen LogP contribution in [0.2, 0.25) is 0 Å². The van der Waals surface area contributed by atoms with Gasteiger partial charge in [-0.1, -0.05) is 32.9 Å². The summed E-state index contributed by atoms with van der Waals surface area (Å²) in [6.45, 7) is 7.78. The van der Waals surface area contributed by atoms with Gasteiger partial charge in [-0.05, 0) is 42.5 Å². The van der Waals surface area contributed by atoms with Crippen LogP contribution in [-0.2, 0) is 5.54 Å². The second kappa shape index (κ2) is 3.85. The molecule has 2 heteroatoms. The van der Waals surface area contributed by atoms with Crippen LogP contribution in [0.4, 0.5) is 4.39 Å². The molecule has 1 saturated heterocycles. The number of halogens is 1. The summed E-state index contributed by atoms with van der Waals surface area (Å²) in [5, 5.41) is 3.62. The third-order valence-electron chi connectivity index (χ3n) is 3.77. The topological polar surface area (TPSA) is 12.0 Å². The molecule has 1 aliphatic heterocycles. The second-order valence-electron chi connectivity index (χ2n) is 5.69. The molecule has 1 nitrogen and oxygen atoms in total. The summed E-state index contributed by atoms with van der Waals surface area (Å²) >= 11 is 0. The van der Waals surface area contributed by atoms with E-state index < -0.39 is 0 Å². The van der Waals surface area contributed by atoms with Crippen molar-refractivity contribution in [1.82, 2.24) is 5.32 Å². The number of hydrogen-bond donors (Lipinski definition) is 1. The highest BCUT2D eigenvalue weighted by molar-refractivity contribution is 5.28. The van der Waals surface area contributed by atoms with Gasteiger partial charge in [0, 0.05) is 5.54 Å². The second-order valence-corrected chi connectivity index (χ2v) is 5.69. The first-order valence-corrected chi connectivity index (χ1v) is 5.97. The first-order valence-electron chi connectivity index (χ1n) is 5.97. The molecular formula is C14H20FN. The molecule has 1 N–H and O–H groups in total. The Labute approximate surface area is 97.1 Å². The molecule has 88 valence electrons. The SMILES string of the molecule is CC(C)(C)C1(c2ccc(F)cc2)CCCN1. The zero-order valence-corrected chi connectivity index (χ0v) is 10.3.